The summed E-state index contributed by atoms with van der Waals surface area (Å²) in [5.74, 6) is 1.03. The molecule has 0 aliphatic heterocycles. The van der Waals surface area contributed by atoms with E-state index in [-0.39, 0.29) is 5.91 Å². The molecular weight excluding hydrogens is 313 g/mol. The molecule has 110 valence electrons. The molecule has 1 fully saturated rings. The molecule has 0 heterocycles. The summed E-state index contributed by atoms with van der Waals surface area (Å²) in [6.07, 6.45) is 4.79. The van der Waals surface area contributed by atoms with Crippen LogP contribution in [0.5, 0.6) is 0 Å². The fraction of sp³-hybridized carbons (Fsp3) is 0.533. The zero-order valence-corrected chi connectivity index (χ0v) is 13.8. The first-order valence-electron chi connectivity index (χ1n) is 6.93. The molecule has 0 radical (unpaired) electrons. The Morgan fingerprint density at radius 2 is 2.10 bits per heavy atom. The second-order valence-electron chi connectivity index (χ2n) is 5.30. The lowest BCUT2D eigenvalue weighted by Gasteiger charge is -2.29. The van der Waals surface area contributed by atoms with E-state index in [9.17, 15) is 4.79 Å². The maximum absolute atomic E-state index is 12.0. The first-order valence-corrected chi connectivity index (χ1v) is 8.67. The molecule has 1 aromatic carbocycles. The first kappa shape index (κ1) is 16.0. The Kier molecular flexibility index (Phi) is 6.06. The third-order valence-corrected chi connectivity index (χ3v) is 5.44. The Balaban J connectivity index is 1.84. The zero-order valence-electron chi connectivity index (χ0n) is 11.5. The van der Waals surface area contributed by atoms with Crippen LogP contribution in [0, 0.1) is 5.92 Å². The van der Waals surface area contributed by atoms with Crippen molar-refractivity contribution < 1.29 is 4.79 Å². The van der Waals surface area contributed by atoms with Crippen molar-refractivity contribution in [3.8, 4) is 0 Å². The SMILES string of the molecule is C[C@H]1CCCC[C@H]1NC(=O)CSc1cc(Cl)ccc1Cl. The van der Waals surface area contributed by atoms with Gasteiger partial charge in [-0.25, -0.2) is 0 Å². The summed E-state index contributed by atoms with van der Waals surface area (Å²) in [5.41, 5.74) is 0. The molecule has 1 N–H and O–H groups in total. The van der Waals surface area contributed by atoms with Gasteiger partial charge in [-0.2, -0.15) is 0 Å². The standard InChI is InChI=1S/C15H19Cl2NOS/c1-10-4-2-3-5-13(10)18-15(19)9-20-14-8-11(16)6-7-12(14)17/h6-8,10,13H,2-5,9H2,1H3,(H,18,19)/t10-,13+/m0/s1. The Morgan fingerprint density at radius 1 is 1.35 bits per heavy atom. The predicted octanol–water partition coefficient (Wildman–Crippen LogP) is 4.78. The summed E-state index contributed by atoms with van der Waals surface area (Å²) in [6.45, 7) is 2.21. The van der Waals surface area contributed by atoms with E-state index in [0.29, 0.717) is 27.8 Å². The van der Waals surface area contributed by atoms with Gasteiger partial charge in [-0.05, 0) is 37.0 Å². The number of hydrogen-bond donors (Lipinski definition) is 1. The van der Waals surface area contributed by atoms with E-state index in [1.54, 1.807) is 18.2 Å². The second-order valence-corrected chi connectivity index (χ2v) is 7.16. The van der Waals surface area contributed by atoms with Gasteiger partial charge >= 0.3 is 0 Å². The fourth-order valence-corrected chi connectivity index (χ4v) is 3.81. The van der Waals surface area contributed by atoms with Gasteiger partial charge in [0.2, 0.25) is 5.91 Å². The number of nitrogens with one attached hydrogen (secondary N) is 1. The van der Waals surface area contributed by atoms with Gasteiger partial charge in [0.05, 0.1) is 10.8 Å². The smallest absolute Gasteiger partial charge is 0.230 e. The lowest BCUT2D eigenvalue weighted by molar-refractivity contribution is -0.119. The molecule has 1 saturated carbocycles. The van der Waals surface area contributed by atoms with Crippen molar-refractivity contribution in [3.63, 3.8) is 0 Å². The lowest BCUT2D eigenvalue weighted by Crippen LogP contribution is -2.41. The fourth-order valence-electron chi connectivity index (χ4n) is 2.51. The third kappa shape index (κ3) is 4.57. The number of rotatable bonds is 4. The lowest BCUT2D eigenvalue weighted by atomic mass is 9.86. The van der Waals surface area contributed by atoms with Crippen molar-refractivity contribution in [2.24, 2.45) is 5.92 Å². The van der Waals surface area contributed by atoms with Crippen molar-refractivity contribution in [1.82, 2.24) is 5.32 Å². The van der Waals surface area contributed by atoms with Crippen LogP contribution >= 0.6 is 35.0 Å². The molecular formula is C15H19Cl2NOS. The van der Waals surface area contributed by atoms with Crippen LogP contribution in [-0.4, -0.2) is 17.7 Å². The molecule has 0 saturated heterocycles. The summed E-state index contributed by atoms with van der Waals surface area (Å²) < 4.78 is 0. The number of halogens is 2. The second kappa shape index (κ2) is 7.58. The van der Waals surface area contributed by atoms with Crippen LogP contribution < -0.4 is 5.32 Å². The maximum atomic E-state index is 12.0. The molecule has 1 amide bonds. The van der Waals surface area contributed by atoms with E-state index >= 15 is 0 Å². The highest BCUT2D eigenvalue weighted by molar-refractivity contribution is 8.00. The van der Waals surface area contributed by atoms with Crippen molar-refractivity contribution in [3.05, 3.63) is 28.2 Å². The monoisotopic (exact) mass is 331 g/mol. The number of hydrogen-bond acceptors (Lipinski definition) is 2. The third-order valence-electron chi connectivity index (χ3n) is 3.71. The molecule has 2 nitrogen and oxygen atoms in total. The number of carbonyl (C=O) groups is 1. The van der Waals surface area contributed by atoms with E-state index in [1.807, 2.05) is 0 Å². The van der Waals surface area contributed by atoms with Gasteiger partial charge in [-0.1, -0.05) is 43.0 Å². The van der Waals surface area contributed by atoms with Crippen molar-refractivity contribution in [2.45, 2.75) is 43.5 Å². The molecule has 0 spiro atoms. The van der Waals surface area contributed by atoms with Crippen molar-refractivity contribution in [2.75, 3.05) is 5.75 Å². The Labute approximate surface area is 134 Å². The normalized spacial score (nSPS) is 22.6. The number of amides is 1. The summed E-state index contributed by atoms with van der Waals surface area (Å²) in [4.78, 5) is 12.9. The largest absolute Gasteiger partial charge is 0.352 e. The van der Waals surface area contributed by atoms with E-state index in [1.165, 1.54) is 31.0 Å². The van der Waals surface area contributed by atoms with Gasteiger partial charge in [-0.15, -0.1) is 11.8 Å². The van der Waals surface area contributed by atoms with Crippen LogP contribution in [0.4, 0.5) is 0 Å². The van der Waals surface area contributed by atoms with E-state index < -0.39 is 0 Å². The van der Waals surface area contributed by atoms with Gasteiger partial charge in [-0.3, -0.25) is 4.79 Å². The van der Waals surface area contributed by atoms with E-state index in [4.69, 9.17) is 23.2 Å². The average molecular weight is 332 g/mol. The molecule has 0 bridgehead atoms. The summed E-state index contributed by atoms with van der Waals surface area (Å²) >= 11 is 13.4. The maximum Gasteiger partial charge on any atom is 0.230 e. The van der Waals surface area contributed by atoms with Gasteiger partial charge in [0, 0.05) is 16.0 Å². The minimum atomic E-state index is 0.0739. The molecule has 0 aromatic heterocycles. The number of thioether (sulfide) groups is 1. The average Bonchev–Trinajstić information content (AvgIpc) is 2.42. The molecule has 5 heteroatoms. The molecule has 1 aliphatic rings. The molecule has 20 heavy (non-hydrogen) atoms. The summed E-state index contributed by atoms with van der Waals surface area (Å²) in [5, 5.41) is 4.41. The Bertz CT molecular complexity index is 481. The van der Waals surface area contributed by atoms with E-state index in [0.717, 1.165) is 11.3 Å². The van der Waals surface area contributed by atoms with Crippen LogP contribution in [0.15, 0.2) is 23.1 Å². The van der Waals surface area contributed by atoms with Crippen LogP contribution in [-0.2, 0) is 4.79 Å². The summed E-state index contributed by atoms with van der Waals surface area (Å²) in [6, 6.07) is 5.63. The van der Waals surface area contributed by atoms with Gasteiger partial charge < -0.3 is 5.32 Å². The molecule has 0 unspecified atom stereocenters. The van der Waals surface area contributed by atoms with Crippen molar-refractivity contribution >= 4 is 40.9 Å². The minimum absolute atomic E-state index is 0.0739. The Morgan fingerprint density at radius 3 is 2.85 bits per heavy atom. The van der Waals surface area contributed by atoms with E-state index in [2.05, 4.69) is 12.2 Å². The van der Waals surface area contributed by atoms with Gasteiger partial charge in [0.25, 0.3) is 0 Å². The van der Waals surface area contributed by atoms with Crippen molar-refractivity contribution in [1.29, 1.82) is 0 Å². The highest BCUT2D eigenvalue weighted by Crippen LogP contribution is 2.30. The van der Waals surface area contributed by atoms with Gasteiger partial charge in [0.1, 0.15) is 0 Å². The predicted molar refractivity (Wildman–Crippen MR) is 86.7 cm³/mol. The minimum Gasteiger partial charge on any atom is -0.352 e. The highest BCUT2D eigenvalue weighted by atomic mass is 35.5. The molecule has 2 atom stereocenters. The topological polar surface area (TPSA) is 29.1 Å². The quantitative estimate of drug-likeness (QED) is 0.804. The molecule has 1 aromatic rings. The van der Waals surface area contributed by atoms with Gasteiger partial charge in [0.15, 0.2) is 0 Å². The zero-order chi connectivity index (χ0) is 14.5. The first-order chi connectivity index (χ1) is 9.56. The van der Waals surface area contributed by atoms with Crippen LogP contribution in [0.1, 0.15) is 32.6 Å². The number of benzene rings is 1. The molecule has 2 rings (SSSR count). The van der Waals surface area contributed by atoms with Crippen LogP contribution in [0.2, 0.25) is 10.0 Å². The number of carbonyl (C=O) groups excluding carboxylic acids is 1. The Hall–Kier alpha value is -0.380. The van der Waals surface area contributed by atoms with Crippen LogP contribution in [0.3, 0.4) is 0 Å². The summed E-state index contributed by atoms with van der Waals surface area (Å²) in [7, 11) is 0. The molecule has 1 aliphatic carbocycles. The van der Waals surface area contributed by atoms with Crippen LogP contribution in [0.25, 0.3) is 0 Å². The highest BCUT2D eigenvalue weighted by Gasteiger charge is 2.22.